The molecule has 0 saturated carbocycles. The molecule has 1 saturated heterocycles. The van der Waals surface area contributed by atoms with E-state index < -0.39 is 10.0 Å². The molecule has 0 aromatic heterocycles. The predicted molar refractivity (Wildman–Crippen MR) is 104 cm³/mol. The summed E-state index contributed by atoms with van der Waals surface area (Å²) in [7, 11) is -1.97. The second-order valence-electron chi connectivity index (χ2n) is 6.60. The molecule has 27 heavy (non-hydrogen) atoms. The zero-order chi connectivity index (χ0) is 19.3. The molecule has 0 spiro atoms. The van der Waals surface area contributed by atoms with Gasteiger partial charge < -0.3 is 9.47 Å². The van der Waals surface area contributed by atoms with E-state index in [4.69, 9.17) is 9.47 Å². The van der Waals surface area contributed by atoms with Crippen LogP contribution in [-0.4, -0.2) is 53.2 Å². The second kappa shape index (κ2) is 8.84. The summed E-state index contributed by atoms with van der Waals surface area (Å²) in [5.74, 6) is 0.675. The molecule has 1 N–H and O–H groups in total. The summed E-state index contributed by atoms with van der Waals surface area (Å²) in [5, 5.41) is 0. The zero-order valence-corrected chi connectivity index (χ0v) is 16.5. The largest absolute Gasteiger partial charge is 0.496 e. The molecule has 0 aliphatic carbocycles. The summed E-state index contributed by atoms with van der Waals surface area (Å²) in [4.78, 5) is 2.48. The first-order chi connectivity index (χ1) is 13.0. The van der Waals surface area contributed by atoms with E-state index in [0.717, 1.165) is 24.2 Å². The number of rotatable bonds is 7. The summed E-state index contributed by atoms with van der Waals surface area (Å²) >= 11 is 0. The number of sulfonamides is 1. The molecular weight excluding hydrogens is 364 g/mol. The Balaban J connectivity index is 1.55. The smallest absolute Gasteiger partial charge is 0.240 e. The Morgan fingerprint density at radius 2 is 2.00 bits per heavy atom. The fourth-order valence-electron chi connectivity index (χ4n) is 3.21. The molecule has 2 aromatic carbocycles. The van der Waals surface area contributed by atoms with E-state index in [1.165, 1.54) is 0 Å². The van der Waals surface area contributed by atoms with Gasteiger partial charge in [-0.2, -0.15) is 0 Å². The number of nitrogens with one attached hydrogen (secondary N) is 1. The topological polar surface area (TPSA) is 67.9 Å². The maximum absolute atomic E-state index is 12.5. The van der Waals surface area contributed by atoms with E-state index in [0.29, 0.717) is 25.4 Å². The molecule has 1 aliphatic heterocycles. The van der Waals surface area contributed by atoms with Gasteiger partial charge in [-0.1, -0.05) is 30.3 Å². The number of benzene rings is 2. The van der Waals surface area contributed by atoms with Gasteiger partial charge >= 0.3 is 0 Å². The number of hydrogen-bond acceptors (Lipinski definition) is 5. The second-order valence-corrected chi connectivity index (χ2v) is 8.37. The lowest BCUT2D eigenvalue weighted by Gasteiger charge is -2.33. The number of ether oxygens (including phenoxy) is 2. The van der Waals surface area contributed by atoms with Crippen LogP contribution in [0, 0.1) is 6.92 Å². The third-order valence-electron chi connectivity index (χ3n) is 4.72. The first kappa shape index (κ1) is 19.8. The Bertz CT molecular complexity index is 856. The SMILES string of the molecule is COc1ccc(S(=O)(=O)NCCN2CCO[C@@H](c3ccccc3)C2)cc1C. The molecule has 146 valence electrons. The van der Waals surface area contributed by atoms with Crippen LogP contribution < -0.4 is 9.46 Å². The molecule has 1 heterocycles. The Morgan fingerprint density at radius 1 is 1.22 bits per heavy atom. The summed E-state index contributed by atoms with van der Waals surface area (Å²) in [6, 6.07) is 15.0. The predicted octanol–water partition coefficient (Wildman–Crippen LogP) is 2.36. The van der Waals surface area contributed by atoms with Gasteiger partial charge in [0.15, 0.2) is 0 Å². The highest BCUT2D eigenvalue weighted by Gasteiger charge is 2.22. The fourth-order valence-corrected chi connectivity index (χ4v) is 4.32. The zero-order valence-electron chi connectivity index (χ0n) is 15.7. The van der Waals surface area contributed by atoms with Gasteiger partial charge in [0.05, 0.1) is 24.7 Å². The standard InChI is InChI=1S/C20H26N2O4S/c1-16-14-18(8-9-19(16)25-2)27(23,24)21-10-11-22-12-13-26-20(15-22)17-6-4-3-5-7-17/h3-9,14,20-21H,10-13,15H2,1-2H3/t20-/m1/s1. The van der Waals surface area contributed by atoms with E-state index in [-0.39, 0.29) is 11.0 Å². The minimum Gasteiger partial charge on any atom is -0.496 e. The minimum atomic E-state index is -3.54. The average Bonchev–Trinajstić information content (AvgIpc) is 2.69. The van der Waals surface area contributed by atoms with Crippen molar-refractivity contribution in [1.82, 2.24) is 9.62 Å². The van der Waals surface area contributed by atoms with Gasteiger partial charge in [-0.05, 0) is 36.2 Å². The average molecular weight is 391 g/mol. The Morgan fingerprint density at radius 3 is 2.70 bits per heavy atom. The van der Waals surface area contributed by atoms with Crippen LogP contribution in [0.5, 0.6) is 5.75 Å². The monoisotopic (exact) mass is 390 g/mol. The number of nitrogens with zero attached hydrogens (tertiary/aromatic N) is 1. The van der Waals surface area contributed by atoms with Crippen molar-refractivity contribution >= 4 is 10.0 Å². The van der Waals surface area contributed by atoms with Crippen molar-refractivity contribution in [2.45, 2.75) is 17.9 Å². The first-order valence-electron chi connectivity index (χ1n) is 9.03. The quantitative estimate of drug-likeness (QED) is 0.786. The van der Waals surface area contributed by atoms with Crippen molar-refractivity contribution in [2.24, 2.45) is 0 Å². The molecule has 0 bridgehead atoms. The van der Waals surface area contributed by atoms with Gasteiger partial charge in [-0.15, -0.1) is 0 Å². The van der Waals surface area contributed by atoms with Crippen LogP contribution >= 0.6 is 0 Å². The molecule has 0 radical (unpaired) electrons. The maximum atomic E-state index is 12.5. The Kier molecular flexibility index (Phi) is 6.49. The van der Waals surface area contributed by atoms with E-state index >= 15 is 0 Å². The lowest BCUT2D eigenvalue weighted by Crippen LogP contribution is -2.42. The Hall–Kier alpha value is -1.93. The van der Waals surface area contributed by atoms with Crippen molar-refractivity contribution in [3.63, 3.8) is 0 Å². The Labute approximate surface area is 161 Å². The molecule has 7 heteroatoms. The number of hydrogen-bond donors (Lipinski definition) is 1. The van der Waals surface area contributed by atoms with E-state index in [9.17, 15) is 8.42 Å². The van der Waals surface area contributed by atoms with E-state index in [2.05, 4.69) is 21.8 Å². The highest BCUT2D eigenvalue weighted by molar-refractivity contribution is 7.89. The molecule has 0 amide bonds. The highest BCUT2D eigenvalue weighted by Crippen LogP contribution is 2.22. The lowest BCUT2D eigenvalue weighted by molar-refractivity contribution is -0.0291. The summed E-state index contributed by atoms with van der Waals surface area (Å²) in [6.07, 6.45) is 0.0285. The van der Waals surface area contributed by atoms with Gasteiger partial charge in [0.25, 0.3) is 0 Å². The van der Waals surface area contributed by atoms with Crippen LogP contribution in [0.1, 0.15) is 17.2 Å². The van der Waals surface area contributed by atoms with Gasteiger partial charge in [0.1, 0.15) is 5.75 Å². The summed E-state index contributed by atoms with van der Waals surface area (Å²) in [6.45, 7) is 5.02. The van der Waals surface area contributed by atoms with Crippen LogP contribution in [-0.2, 0) is 14.8 Å². The maximum Gasteiger partial charge on any atom is 0.240 e. The fraction of sp³-hybridized carbons (Fsp3) is 0.400. The van der Waals surface area contributed by atoms with Gasteiger partial charge in [0.2, 0.25) is 10.0 Å². The molecule has 0 unspecified atom stereocenters. The number of aryl methyl sites for hydroxylation is 1. The molecular formula is C20H26N2O4S. The van der Waals surface area contributed by atoms with Gasteiger partial charge in [-0.25, -0.2) is 13.1 Å². The summed E-state index contributed by atoms with van der Waals surface area (Å²) < 4.78 is 38.8. The van der Waals surface area contributed by atoms with E-state index in [1.54, 1.807) is 25.3 Å². The minimum absolute atomic E-state index is 0.0285. The van der Waals surface area contributed by atoms with Gasteiger partial charge in [-0.3, -0.25) is 4.90 Å². The van der Waals surface area contributed by atoms with Crippen LogP contribution in [0.3, 0.4) is 0 Å². The molecule has 6 nitrogen and oxygen atoms in total. The van der Waals surface area contributed by atoms with Crippen molar-refractivity contribution in [2.75, 3.05) is 39.9 Å². The number of morpholine rings is 1. The molecule has 3 rings (SSSR count). The van der Waals surface area contributed by atoms with Crippen molar-refractivity contribution in [3.8, 4) is 5.75 Å². The van der Waals surface area contributed by atoms with Crippen molar-refractivity contribution < 1.29 is 17.9 Å². The van der Waals surface area contributed by atoms with Crippen LogP contribution in [0.25, 0.3) is 0 Å². The van der Waals surface area contributed by atoms with E-state index in [1.807, 2.05) is 25.1 Å². The van der Waals surface area contributed by atoms with Gasteiger partial charge in [0, 0.05) is 26.2 Å². The lowest BCUT2D eigenvalue weighted by atomic mass is 10.1. The van der Waals surface area contributed by atoms with Crippen molar-refractivity contribution in [3.05, 3.63) is 59.7 Å². The molecule has 2 aromatic rings. The first-order valence-corrected chi connectivity index (χ1v) is 10.5. The van der Waals surface area contributed by atoms with Crippen LogP contribution in [0.4, 0.5) is 0 Å². The number of methoxy groups -OCH3 is 1. The van der Waals surface area contributed by atoms with Crippen LogP contribution in [0.2, 0.25) is 0 Å². The summed E-state index contributed by atoms with van der Waals surface area (Å²) in [5.41, 5.74) is 1.94. The third-order valence-corrected chi connectivity index (χ3v) is 6.18. The molecule has 1 fully saturated rings. The molecule has 1 atom stereocenters. The normalized spacial score (nSPS) is 18.4. The van der Waals surface area contributed by atoms with Crippen molar-refractivity contribution in [1.29, 1.82) is 0 Å². The highest BCUT2D eigenvalue weighted by atomic mass is 32.2. The van der Waals surface area contributed by atoms with Crippen LogP contribution in [0.15, 0.2) is 53.4 Å². The third kappa shape index (κ3) is 5.07. The molecule has 1 aliphatic rings.